The van der Waals surface area contributed by atoms with Gasteiger partial charge in [0.25, 0.3) is 11.8 Å². The maximum absolute atomic E-state index is 14.1. The number of aryl methyl sites for hydroxylation is 1. The van der Waals surface area contributed by atoms with Gasteiger partial charge < -0.3 is 9.88 Å². The Labute approximate surface area is 339 Å². The highest BCUT2D eigenvalue weighted by atomic mass is 79.9. The molecule has 12 nitrogen and oxygen atoms in total. The molecule has 4 amide bonds. The van der Waals surface area contributed by atoms with Crippen molar-refractivity contribution in [3.63, 3.8) is 0 Å². The Hall–Kier alpha value is -5.16. The lowest BCUT2D eigenvalue weighted by atomic mass is 9.70. The van der Waals surface area contributed by atoms with Crippen molar-refractivity contribution in [3.05, 3.63) is 97.1 Å². The van der Waals surface area contributed by atoms with Gasteiger partial charge in [-0.3, -0.25) is 44.0 Å². The Bertz CT molecular complexity index is 2470. The van der Waals surface area contributed by atoms with E-state index in [1.165, 1.54) is 11.3 Å². The zero-order valence-electron chi connectivity index (χ0n) is 32.3. The predicted molar refractivity (Wildman–Crippen MR) is 217 cm³/mol. The minimum atomic E-state index is -0.995. The van der Waals surface area contributed by atoms with Crippen LogP contribution in [0.3, 0.4) is 0 Å². The number of hydrogen-bond donors (Lipinski definition) is 2. The molecule has 2 N–H and O–H groups in total. The van der Waals surface area contributed by atoms with Crippen molar-refractivity contribution < 1.29 is 24.0 Å². The van der Waals surface area contributed by atoms with E-state index in [1.807, 2.05) is 18.2 Å². The van der Waals surface area contributed by atoms with E-state index in [0.29, 0.717) is 28.2 Å². The molecule has 0 saturated carbocycles. The fraction of sp³-hybridized carbons (Fsp3) is 0.409. The maximum atomic E-state index is 14.1. The van der Waals surface area contributed by atoms with E-state index in [4.69, 9.17) is 0 Å². The van der Waals surface area contributed by atoms with Crippen molar-refractivity contribution in [1.29, 1.82) is 5.26 Å². The lowest BCUT2D eigenvalue weighted by molar-refractivity contribution is -0.136. The molecule has 0 radical (unpaired) electrons. The molecule has 5 heterocycles. The molecule has 1 aromatic heterocycles. The molecule has 5 aliphatic rings. The van der Waals surface area contributed by atoms with Gasteiger partial charge in [-0.25, -0.2) is 0 Å². The fourth-order valence-electron chi connectivity index (χ4n) is 9.84. The topological polar surface area (TPSA) is 150 Å². The number of piperidine rings is 2. The van der Waals surface area contributed by atoms with Crippen LogP contribution in [-0.4, -0.2) is 100 Å². The highest BCUT2D eigenvalue weighted by Crippen LogP contribution is 2.46. The van der Waals surface area contributed by atoms with Crippen molar-refractivity contribution in [1.82, 2.24) is 25.0 Å². The van der Waals surface area contributed by atoms with Gasteiger partial charge >= 0.3 is 0 Å². The summed E-state index contributed by atoms with van der Waals surface area (Å²) in [5.41, 5.74) is 8.25. The molecular weight excluding hydrogens is 786 g/mol. The van der Waals surface area contributed by atoms with Crippen molar-refractivity contribution in [2.24, 2.45) is 0 Å². The van der Waals surface area contributed by atoms with Crippen LogP contribution in [-0.2, 0) is 28.0 Å². The number of imide groups is 2. The van der Waals surface area contributed by atoms with Crippen LogP contribution in [0.5, 0.6) is 0 Å². The molecule has 4 aliphatic heterocycles. The second-order valence-electron chi connectivity index (χ2n) is 16.5. The second-order valence-corrected chi connectivity index (χ2v) is 17.3. The first-order chi connectivity index (χ1) is 27.4. The second kappa shape index (κ2) is 14.0. The van der Waals surface area contributed by atoms with E-state index in [0.717, 1.165) is 96.7 Å². The number of fused-ring (bicyclic) bond motifs is 5. The number of nitriles is 1. The lowest BCUT2D eigenvalue weighted by Crippen LogP contribution is -2.54. The van der Waals surface area contributed by atoms with Crippen molar-refractivity contribution in [2.75, 3.05) is 44.2 Å². The van der Waals surface area contributed by atoms with E-state index in [9.17, 15) is 29.2 Å². The van der Waals surface area contributed by atoms with Crippen LogP contribution >= 0.6 is 15.9 Å². The fourth-order valence-corrected chi connectivity index (χ4v) is 10.5. The van der Waals surface area contributed by atoms with E-state index in [-0.39, 0.29) is 29.8 Å². The molecular formula is C44H44BrN7O5. The number of carbonyl (C=O) groups is 5. The number of aromatic amines is 1. The van der Waals surface area contributed by atoms with Crippen LogP contribution in [0.4, 0.5) is 5.69 Å². The lowest BCUT2D eigenvalue weighted by Gasteiger charge is -2.44. The Morgan fingerprint density at radius 2 is 1.61 bits per heavy atom. The highest BCUT2D eigenvalue weighted by Gasteiger charge is 2.46. The van der Waals surface area contributed by atoms with Gasteiger partial charge in [-0.05, 0) is 88.6 Å². The minimum absolute atomic E-state index is 0.0397. The summed E-state index contributed by atoms with van der Waals surface area (Å²) in [6, 6.07) is 15.2. The molecule has 1 aliphatic carbocycles. The third kappa shape index (κ3) is 6.03. The molecule has 3 aromatic carbocycles. The van der Waals surface area contributed by atoms with Crippen LogP contribution < -0.4 is 10.2 Å². The monoisotopic (exact) mass is 829 g/mol. The highest BCUT2D eigenvalue weighted by molar-refractivity contribution is 9.10. The van der Waals surface area contributed by atoms with E-state index in [2.05, 4.69) is 79.9 Å². The number of amides is 4. The number of aromatic nitrogens is 1. The molecule has 3 saturated heterocycles. The van der Waals surface area contributed by atoms with Gasteiger partial charge in [0, 0.05) is 96.0 Å². The van der Waals surface area contributed by atoms with Gasteiger partial charge in [0.2, 0.25) is 11.8 Å². The number of carbonyl (C=O) groups excluding carboxylic acids is 5. The molecule has 3 fully saturated rings. The van der Waals surface area contributed by atoms with E-state index in [1.54, 1.807) is 12.1 Å². The molecule has 4 aromatic rings. The summed E-state index contributed by atoms with van der Waals surface area (Å²) >= 11 is 3.64. The summed E-state index contributed by atoms with van der Waals surface area (Å²) in [7, 11) is 0. The number of H-pyrrole nitrogens is 1. The first-order valence-electron chi connectivity index (χ1n) is 19.9. The van der Waals surface area contributed by atoms with E-state index >= 15 is 0 Å². The quantitative estimate of drug-likeness (QED) is 0.243. The number of anilines is 1. The van der Waals surface area contributed by atoms with Crippen molar-refractivity contribution in [3.8, 4) is 6.07 Å². The Balaban J connectivity index is 0.848. The number of halogens is 1. The smallest absolute Gasteiger partial charge is 0.263 e. The van der Waals surface area contributed by atoms with Gasteiger partial charge in [-0.15, -0.1) is 0 Å². The predicted octanol–water partition coefficient (Wildman–Crippen LogP) is 5.42. The summed E-state index contributed by atoms with van der Waals surface area (Å²) in [6.07, 6.45) is 3.13. The standard InChI is InChI=1S/C44H44BrN7O5/c1-4-25-20-30-31(44(2,3)40-37(39(30)54)28-7-5-24(22-46)19-32(28)47-40)21-34(25)51-13-11-27(12-14-51)50-17-15-49(16-18-50)23-26-6-8-29-36(38(26)45)43(57)52(42(29)56)33-9-10-35(53)48-41(33)55/h5-8,19-21,27,33,47H,4,9-18,23H2,1-3H3,(H,48,53,55). The summed E-state index contributed by atoms with van der Waals surface area (Å²) in [5, 5.41) is 12.6. The number of benzene rings is 3. The average molecular weight is 831 g/mol. The maximum Gasteiger partial charge on any atom is 0.263 e. The zero-order valence-corrected chi connectivity index (χ0v) is 33.9. The Kier molecular flexibility index (Phi) is 9.22. The SMILES string of the molecule is CCc1cc2c(cc1N1CCC(N3CCN(Cc4ccc5c(c4Br)C(=O)N(C4CCC(=O)NC4=O)C5=O)CC3)CC1)C(C)(C)c1[nH]c3cc(C#N)ccc3c1C2=O. The largest absolute Gasteiger partial charge is 0.371 e. The molecule has 0 spiro atoms. The van der Waals surface area contributed by atoms with Crippen LogP contribution in [0.25, 0.3) is 10.9 Å². The third-order valence-electron chi connectivity index (χ3n) is 13.0. The summed E-state index contributed by atoms with van der Waals surface area (Å²) < 4.78 is 0.584. The molecule has 292 valence electrons. The average Bonchev–Trinajstić information content (AvgIpc) is 3.73. The van der Waals surface area contributed by atoms with Gasteiger partial charge in [-0.1, -0.05) is 32.9 Å². The van der Waals surface area contributed by atoms with Gasteiger partial charge in [0.15, 0.2) is 5.78 Å². The van der Waals surface area contributed by atoms with Crippen LogP contribution in [0.15, 0.2) is 46.9 Å². The van der Waals surface area contributed by atoms with Gasteiger partial charge in [0.1, 0.15) is 6.04 Å². The van der Waals surface area contributed by atoms with Crippen LogP contribution in [0.1, 0.15) is 111 Å². The number of rotatable bonds is 6. The molecule has 13 heteroatoms. The Morgan fingerprint density at radius 3 is 2.32 bits per heavy atom. The van der Waals surface area contributed by atoms with Gasteiger partial charge in [0.05, 0.1) is 28.3 Å². The number of nitrogens with one attached hydrogen (secondary N) is 2. The summed E-state index contributed by atoms with van der Waals surface area (Å²) in [5.74, 6) is -1.99. The minimum Gasteiger partial charge on any atom is -0.371 e. The van der Waals surface area contributed by atoms with E-state index < -0.39 is 35.1 Å². The third-order valence-corrected chi connectivity index (χ3v) is 14.0. The number of piperazine rings is 1. The molecule has 1 atom stereocenters. The zero-order chi connectivity index (χ0) is 39.9. The Morgan fingerprint density at radius 1 is 0.860 bits per heavy atom. The molecule has 1 unspecified atom stereocenters. The van der Waals surface area contributed by atoms with Gasteiger partial charge in [-0.2, -0.15) is 5.26 Å². The molecule has 0 bridgehead atoms. The van der Waals surface area contributed by atoms with Crippen LogP contribution in [0, 0.1) is 11.3 Å². The molecule has 9 rings (SSSR count). The molecule has 57 heavy (non-hydrogen) atoms. The number of hydrogen-bond acceptors (Lipinski definition) is 9. The first kappa shape index (κ1) is 37.4. The van der Waals surface area contributed by atoms with Crippen molar-refractivity contribution >= 4 is 61.9 Å². The number of nitrogens with zero attached hydrogens (tertiary/aromatic N) is 5. The normalized spacial score (nSPS) is 21.5. The number of ketones is 1. The summed E-state index contributed by atoms with van der Waals surface area (Å²) in [4.78, 5) is 77.2. The summed E-state index contributed by atoms with van der Waals surface area (Å²) in [6.45, 7) is 12.6. The van der Waals surface area contributed by atoms with Crippen molar-refractivity contribution in [2.45, 2.75) is 76.9 Å². The first-order valence-corrected chi connectivity index (χ1v) is 20.7. The van der Waals surface area contributed by atoms with Crippen LogP contribution in [0.2, 0.25) is 0 Å².